The molecule has 5 heteroatoms. The highest BCUT2D eigenvalue weighted by molar-refractivity contribution is 7.92. The summed E-state index contributed by atoms with van der Waals surface area (Å²) in [6, 6.07) is 6.96. The molecule has 0 spiro atoms. The third kappa shape index (κ3) is 2.25. The molecule has 2 aromatic rings. The fraction of sp³-hybridized carbons (Fsp3) is 0.467. The topological polar surface area (TPSA) is 73.3 Å². The van der Waals surface area contributed by atoms with Crippen LogP contribution in [-0.4, -0.2) is 19.4 Å². The molecule has 0 amide bonds. The molecule has 0 fully saturated rings. The van der Waals surface area contributed by atoms with Gasteiger partial charge in [0, 0.05) is 23.6 Å². The Morgan fingerprint density at radius 2 is 1.90 bits per heavy atom. The van der Waals surface area contributed by atoms with Gasteiger partial charge in [0.15, 0.2) is 9.84 Å². The van der Waals surface area contributed by atoms with Crippen molar-refractivity contribution in [3.8, 4) is 0 Å². The highest BCUT2D eigenvalue weighted by Gasteiger charge is 2.40. The van der Waals surface area contributed by atoms with Gasteiger partial charge in [-0.05, 0) is 19.9 Å². The quantitative estimate of drug-likeness (QED) is 0.941. The van der Waals surface area contributed by atoms with Crippen molar-refractivity contribution in [2.24, 2.45) is 5.73 Å². The van der Waals surface area contributed by atoms with E-state index in [4.69, 9.17) is 10.2 Å². The van der Waals surface area contributed by atoms with E-state index in [2.05, 4.69) is 0 Å². The predicted octanol–water partition coefficient (Wildman–Crippen LogP) is 2.82. The molecule has 1 aromatic heterocycles. The summed E-state index contributed by atoms with van der Waals surface area (Å²) in [6.45, 7) is 5.30. The first-order valence-electron chi connectivity index (χ1n) is 6.65. The monoisotopic (exact) mass is 295 g/mol. The fourth-order valence-electron chi connectivity index (χ4n) is 2.30. The summed E-state index contributed by atoms with van der Waals surface area (Å²) in [7, 11) is -3.29. The first-order chi connectivity index (χ1) is 9.20. The molecule has 1 aromatic carbocycles. The molecule has 0 radical (unpaired) electrons. The second-order valence-electron chi connectivity index (χ2n) is 5.64. The van der Waals surface area contributed by atoms with Crippen LogP contribution in [0.3, 0.4) is 0 Å². The predicted molar refractivity (Wildman–Crippen MR) is 81.4 cm³/mol. The molecule has 1 unspecified atom stereocenters. The minimum absolute atomic E-state index is 0.629. The first kappa shape index (κ1) is 15.1. The van der Waals surface area contributed by atoms with Gasteiger partial charge in [0.25, 0.3) is 0 Å². The molecular formula is C15H21NO3S. The van der Waals surface area contributed by atoms with E-state index in [1.807, 2.05) is 31.2 Å². The van der Waals surface area contributed by atoms with Crippen molar-refractivity contribution in [1.82, 2.24) is 0 Å². The zero-order valence-electron chi connectivity index (χ0n) is 12.3. The van der Waals surface area contributed by atoms with Crippen LogP contribution in [0.15, 0.2) is 28.7 Å². The Balaban J connectivity index is 2.69. The van der Waals surface area contributed by atoms with Crippen LogP contribution in [0.4, 0.5) is 0 Å². The van der Waals surface area contributed by atoms with Crippen molar-refractivity contribution in [2.75, 3.05) is 6.26 Å². The van der Waals surface area contributed by atoms with Crippen molar-refractivity contribution >= 4 is 20.8 Å². The highest BCUT2D eigenvalue weighted by Crippen LogP contribution is 2.38. The number of hydrogen-bond acceptors (Lipinski definition) is 4. The van der Waals surface area contributed by atoms with Crippen molar-refractivity contribution in [2.45, 2.75) is 38.0 Å². The first-order valence-corrected chi connectivity index (χ1v) is 8.54. The lowest BCUT2D eigenvalue weighted by Gasteiger charge is -2.30. The molecule has 0 saturated carbocycles. The second-order valence-corrected chi connectivity index (χ2v) is 8.24. The minimum atomic E-state index is -3.29. The van der Waals surface area contributed by atoms with Crippen LogP contribution in [0, 0.1) is 0 Å². The zero-order valence-corrected chi connectivity index (χ0v) is 13.1. The van der Waals surface area contributed by atoms with Crippen LogP contribution in [0.25, 0.3) is 11.0 Å². The van der Waals surface area contributed by atoms with Gasteiger partial charge < -0.3 is 10.2 Å². The van der Waals surface area contributed by atoms with Gasteiger partial charge in [-0.15, -0.1) is 0 Å². The van der Waals surface area contributed by atoms with Crippen molar-refractivity contribution < 1.29 is 12.8 Å². The SMILES string of the molecule is CCc1oc2ccccc2c1C(N)C(C)(C)S(C)(=O)=O. The molecule has 2 N–H and O–H groups in total. The van der Waals surface area contributed by atoms with Crippen molar-refractivity contribution in [3.63, 3.8) is 0 Å². The Morgan fingerprint density at radius 1 is 1.30 bits per heavy atom. The van der Waals surface area contributed by atoms with Crippen LogP contribution in [-0.2, 0) is 16.3 Å². The van der Waals surface area contributed by atoms with Gasteiger partial charge >= 0.3 is 0 Å². The van der Waals surface area contributed by atoms with E-state index in [-0.39, 0.29) is 0 Å². The maximum Gasteiger partial charge on any atom is 0.154 e. The lowest BCUT2D eigenvalue weighted by atomic mass is 9.93. The Morgan fingerprint density at radius 3 is 2.45 bits per heavy atom. The largest absolute Gasteiger partial charge is 0.461 e. The van der Waals surface area contributed by atoms with Crippen molar-refractivity contribution in [1.29, 1.82) is 0 Å². The molecule has 4 nitrogen and oxygen atoms in total. The van der Waals surface area contributed by atoms with E-state index in [0.717, 1.165) is 22.3 Å². The molecular weight excluding hydrogens is 274 g/mol. The third-order valence-electron chi connectivity index (χ3n) is 4.05. The Hall–Kier alpha value is -1.33. The van der Waals surface area contributed by atoms with E-state index >= 15 is 0 Å². The van der Waals surface area contributed by atoms with E-state index in [1.54, 1.807) is 13.8 Å². The molecule has 0 aliphatic heterocycles. The van der Waals surface area contributed by atoms with E-state index < -0.39 is 20.6 Å². The summed E-state index contributed by atoms with van der Waals surface area (Å²) in [6.07, 6.45) is 1.90. The molecule has 0 bridgehead atoms. The van der Waals surface area contributed by atoms with Gasteiger partial charge in [-0.25, -0.2) is 8.42 Å². The molecule has 20 heavy (non-hydrogen) atoms. The van der Waals surface area contributed by atoms with Gasteiger partial charge in [-0.1, -0.05) is 25.1 Å². The molecule has 0 saturated heterocycles. The van der Waals surface area contributed by atoms with E-state index in [1.165, 1.54) is 6.26 Å². The smallest absolute Gasteiger partial charge is 0.154 e. The van der Waals surface area contributed by atoms with Crippen LogP contribution < -0.4 is 5.73 Å². The van der Waals surface area contributed by atoms with E-state index in [0.29, 0.717) is 6.42 Å². The average molecular weight is 295 g/mol. The van der Waals surface area contributed by atoms with Crippen LogP contribution >= 0.6 is 0 Å². The summed E-state index contributed by atoms with van der Waals surface area (Å²) in [5.41, 5.74) is 7.86. The maximum absolute atomic E-state index is 12.0. The van der Waals surface area contributed by atoms with Crippen LogP contribution in [0.2, 0.25) is 0 Å². The number of fused-ring (bicyclic) bond motifs is 1. The van der Waals surface area contributed by atoms with Gasteiger partial charge in [-0.3, -0.25) is 0 Å². The molecule has 110 valence electrons. The number of aryl methyl sites for hydroxylation is 1. The Labute approximate surface area is 119 Å². The van der Waals surface area contributed by atoms with E-state index in [9.17, 15) is 8.42 Å². The summed E-state index contributed by atoms with van der Waals surface area (Å²) < 4.78 is 28.8. The van der Waals surface area contributed by atoms with Crippen LogP contribution in [0.1, 0.15) is 38.1 Å². The minimum Gasteiger partial charge on any atom is -0.461 e. The summed E-state index contributed by atoms with van der Waals surface area (Å²) in [5.74, 6) is 0.760. The number of nitrogens with two attached hydrogens (primary N) is 1. The van der Waals surface area contributed by atoms with Crippen LogP contribution in [0.5, 0.6) is 0 Å². The molecule has 2 rings (SSSR count). The zero-order chi connectivity index (χ0) is 15.1. The Bertz CT molecular complexity index is 729. The third-order valence-corrected chi connectivity index (χ3v) is 6.21. The molecule has 0 aliphatic carbocycles. The molecule has 1 atom stereocenters. The normalized spacial score (nSPS) is 14.7. The second kappa shape index (κ2) is 4.90. The van der Waals surface area contributed by atoms with Gasteiger partial charge in [0.2, 0.25) is 0 Å². The van der Waals surface area contributed by atoms with Crippen molar-refractivity contribution in [3.05, 3.63) is 35.6 Å². The summed E-state index contributed by atoms with van der Waals surface area (Å²) in [5, 5.41) is 0.897. The lowest BCUT2D eigenvalue weighted by molar-refractivity contribution is 0.481. The number of benzene rings is 1. The van der Waals surface area contributed by atoms with Gasteiger partial charge in [-0.2, -0.15) is 0 Å². The standard InChI is InChI=1S/C15H21NO3S/c1-5-11-13(10-8-6-7-9-12(10)19-11)14(16)15(2,3)20(4,17)18/h6-9,14H,5,16H2,1-4H3. The lowest BCUT2D eigenvalue weighted by Crippen LogP contribution is -2.42. The average Bonchev–Trinajstić information content (AvgIpc) is 2.74. The summed E-state index contributed by atoms with van der Waals surface area (Å²) in [4.78, 5) is 0. The number of hydrogen-bond donors (Lipinski definition) is 1. The number of para-hydroxylation sites is 1. The van der Waals surface area contributed by atoms with Gasteiger partial charge in [0.05, 0.1) is 10.8 Å². The highest BCUT2D eigenvalue weighted by atomic mass is 32.2. The number of sulfone groups is 1. The fourth-order valence-corrected chi connectivity index (χ4v) is 2.88. The number of rotatable bonds is 4. The maximum atomic E-state index is 12.0. The Kier molecular flexibility index (Phi) is 3.69. The molecule has 1 heterocycles. The molecule has 0 aliphatic rings. The van der Waals surface area contributed by atoms with Gasteiger partial charge in [0.1, 0.15) is 11.3 Å². The summed E-state index contributed by atoms with van der Waals surface area (Å²) >= 11 is 0. The number of furan rings is 1.